The van der Waals surface area contributed by atoms with Crippen LogP contribution < -0.4 is 20.1 Å². The molecule has 0 saturated carbocycles. The number of aliphatic hydroxyl groups is 1. The van der Waals surface area contributed by atoms with Gasteiger partial charge in [-0.25, -0.2) is 0 Å². The van der Waals surface area contributed by atoms with Crippen molar-refractivity contribution in [3.63, 3.8) is 0 Å². The lowest BCUT2D eigenvalue weighted by Gasteiger charge is -2.34. The summed E-state index contributed by atoms with van der Waals surface area (Å²) >= 11 is 0. The van der Waals surface area contributed by atoms with Gasteiger partial charge in [0, 0.05) is 49.6 Å². The van der Waals surface area contributed by atoms with Crippen molar-refractivity contribution in [3.8, 4) is 11.5 Å². The van der Waals surface area contributed by atoms with Gasteiger partial charge < -0.3 is 30.1 Å². The molecule has 1 aromatic carbocycles. The maximum Gasteiger partial charge on any atom is 0.239 e. The van der Waals surface area contributed by atoms with Gasteiger partial charge in [0.2, 0.25) is 5.91 Å². The third-order valence-corrected chi connectivity index (χ3v) is 4.93. The molecule has 0 aromatic heterocycles. The normalized spacial score (nSPS) is 22.4. The average Bonchev–Trinajstić information content (AvgIpc) is 3.07. The monoisotopic (exact) mass is 421 g/mol. The minimum absolute atomic E-state index is 0. The molecule has 2 aliphatic heterocycles. The first-order chi connectivity index (χ1) is 12.1. The van der Waals surface area contributed by atoms with Crippen molar-refractivity contribution in [2.75, 3.05) is 39.2 Å². The Hall–Kier alpha value is -1.41. The van der Waals surface area contributed by atoms with Crippen LogP contribution in [0.3, 0.4) is 0 Å². The van der Waals surface area contributed by atoms with E-state index in [1.165, 1.54) is 0 Å². The first-order valence-corrected chi connectivity index (χ1v) is 8.79. The molecule has 0 spiro atoms. The Balaban J connectivity index is 0.00000182. The summed E-state index contributed by atoms with van der Waals surface area (Å²) in [7, 11) is 3.27. The van der Waals surface area contributed by atoms with Crippen molar-refractivity contribution in [1.82, 2.24) is 10.2 Å². The molecule has 3 rings (SSSR count). The first-order valence-electron chi connectivity index (χ1n) is 8.79. The van der Waals surface area contributed by atoms with Crippen molar-refractivity contribution >= 4 is 36.4 Å². The van der Waals surface area contributed by atoms with Crippen molar-refractivity contribution in [2.45, 2.75) is 37.5 Å². The van der Waals surface area contributed by atoms with Gasteiger partial charge >= 0.3 is 0 Å². The number of nitrogens with one attached hydrogen (secondary N) is 2. The molecule has 2 heterocycles. The molecule has 2 unspecified atom stereocenters. The molecular formula is C18H29Cl2N3O4. The van der Waals surface area contributed by atoms with Gasteiger partial charge in [-0.3, -0.25) is 4.79 Å². The van der Waals surface area contributed by atoms with Crippen LogP contribution in [-0.2, 0) is 4.79 Å². The van der Waals surface area contributed by atoms with Gasteiger partial charge in [0.05, 0.1) is 26.4 Å². The van der Waals surface area contributed by atoms with Crippen LogP contribution in [0, 0.1) is 0 Å². The average molecular weight is 422 g/mol. The highest BCUT2D eigenvalue weighted by Crippen LogP contribution is 2.27. The largest absolute Gasteiger partial charge is 0.497 e. The number of benzene rings is 1. The van der Waals surface area contributed by atoms with Crippen LogP contribution in [0.25, 0.3) is 0 Å². The lowest BCUT2D eigenvalue weighted by Crippen LogP contribution is -2.48. The fraction of sp³-hybridized carbons (Fsp3) is 0.611. The number of hydrogen-bond acceptors (Lipinski definition) is 6. The number of ether oxygens (including phenoxy) is 2. The number of β-amino-alcohol motifs (C(OH)–C–C–N with tert-alkyl or cyclic N) is 1. The number of halogens is 2. The molecule has 2 aliphatic rings. The van der Waals surface area contributed by atoms with E-state index < -0.39 is 6.10 Å². The molecule has 27 heavy (non-hydrogen) atoms. The molecule has 1 aromatic rings. The zero-order valence-corrected chi connectivity index (χ0v) is 17.3. The van der Waals surface area contributed by atoms with E-state index in [9.17, 15) is 9.90 Å². The van der Waals surface area contributed by atoms with E-state index in [1.54, 1.807) is 14.2 Å². The molecule has 2 atom stereocenters. The number of carbonyl (C=O) groups excluding carboxylic acids is 1. The lowest BCUT2D eigenvalue weighted by atomic mass is 10.0. The number of aliphatic hydroxyl groups excluding tert-OH is 1. The number of nitrogens with zero attached hydrogens (tertiary/aromatic N) is 1. The molecule has 0 radical (unpaired) electrons. The molecular weight excluding hydrogens is 393 g/mol. The Kier molecular flexibility index (Phi) is 9.45. The minimum atomic E-state index is -0.406. The summed E-state index contributed by atoms with van der Waals surface area (Å²) in [6, 6.07) is 5.81. The standard InChI is InChI=1S/C18H27N3O4.2ClH/c1-24-15-7-13(8-16(10-15)25-2)20-12-3-5-21(6-4-12)18(23)17-9-14(22)11-19-17;;/h7-8,10,12,14,17,19-20,22H,3-6,9,11H2,1-2H3;2*1H. The van der Waals surface area contributed by atoms with Crippen molar-refractivity contribution in [1.29, 1.82) is 0 Å². The van der Waals surface area contributed by atoms with Crippen LogP contribution in [0.5, 0.6) is 11.5 Å². The Morgan fingerprint density at radius 2 is 1.74 bits per heavy atom. The molecule has 9 heteroatoms. The van der Waals surface area contributed by atoms with E-state index in [0.717, 1.165) is 43.1 Å². The SMILES string of the molecule is COc1cc(NC2CCN(C(=O)C3CC(O)CN3)CC2)cc(OC)c1.Cl.Cl. The maximum atomic E-state index is 12.5. The van der Waals surface area contributed by atoms with Gasteiger partial charge in [-0.1, -0.05) is 0 Å². The fourth-order valence-corrected chi connectivity index (χ4v) is 3.50. The smallest absolute Gasteiger partial charge is 0.239 e. The van der Waals surface area contributed by atoms with Crippen LogP contribution in [-0.4, -0.2) is 68.0 Å². The summed E-state index contributed by atoms with van der Waals surface area (Å²) in [4.78, 5) is 14.4. The number of piperidine rings is 1. The highest BCUT2D eigenvalue weighted by atomic mass is 35.5. The number of amides is 1. The molecule has 0 bridgehead atoms. The second-order valence-electron chi connectivity index (χ2n) is 6.70. The Bertz CT molecular complexity index is 590. The maximum absolute atomic E-state index is 12.5. The summed E-state index contributed by atoms with van der Waals surface area (Å²) < 4.78 is 10.6. The molecule has 2 fully saturated rings. The van der Waals surface area contributed by atoms with E-state index in [1.807, 2.05) is 23.1 Å². The summed E-state index contributed by atoms with van der Waals surface area (Å²) in [6.45, 7) is 1.96. The van der Waals surface area contributed by atoms with E-state index in [4.69, 9.17) is 9.47 Å². The van der Waals surface area contributed by atoms with Crippen molar-refractivity contribution in [3.05, 3.63) is 18.2 Å². The molecule has 3 N–H and O–H groups in total. The minimum Gasteiger partial charge on any atom is -0.497 e. The lowest BCUT2D eigenvalue weighted by molar-refractivity contribution is -0.134. The number of rotatable bonds is 5. The van der Waals surface area contributed by atoms with Gasteiger partial charge in [0.1, 0.15) is 11.5 Å². The Labute approximate surface area is 172 Å². The Morgan fingerprint density at radius 1 is 1.15 bits per heavy atom. The summed E-state index contributed by atoms with van der Waals surface area (Å²) in [5.41, 5.74) is 0.960. The highest BCUT2D eigenvalue weighted by Gasteiger charge is 2.33. The molecule has 7 nitrogen and oxygen atoms in total. The number of hydrogen-bond donors (Lipinski definition) is 3. The fourth-order valence-electron chi connectivity index (χ4n) is 3.50. The third-order valence-electron chi connectivity index (χ3n) is 4.93. The zero-order valence-electron chi connectivity index (χ0n) is 15.6. The highest BCUT2D eigenvalue weighted by molar-refractivity contribution is 5.85. The van der Waals surface area contributed by atoms with Crippen LogP contribution >= 0.6 is 24.8 Å². The zero-order chi connectivity index (χ0) is 17.8. The quantitative estimate of drug-likeness (QED) is 0.670. The second-order valence-corrected chi connectivity index (χ2v) is 6.70. The molecule has 0 aliphatic carbocycles. The van der Waals surface area contributed by atoms with Crippen molar-refractivity contribution < 1.29 is 19.4 Å². The number of anilines is 1. The van der Waals surface area contributed by atoms with E-state index >= 15 is 0 Å². The van der Waals surface area contributed by atoms with Gasteiger partial charge in [-0.05, 0) is 19.3 Å². The second kappa shape index (κ2) is 10.8. The van der Waals surface area contributed by atoms with Crippen LogP contribution in [0.2, 0.25) is 0 Å². The first kappa shape index (κ1) is 23.6. The molecule has 1 amide bonds. The molecule has 154 valence electrons. The number of carbonyl (C=O) groups is 1. The predicted octanol–water partition coefficient (Wildman–Crippen LogP) is 1.67. The van der Waals surface area contributed by atoms with Gasteiger partial charge in [-0.15, -0.1) is 24.8 Å². The van der Waals surface area contributed by atoms with Crippen LogP contribution in [0.1, 0.15) is 19.3 Å². The van der Waals surface area contributed by atoms with Crippen LogP contribution in [0.15, 0.2) is 18.2 Å². The third kappa shape index (κ3) is 6.04. The van der Waals surface area contributed by atoms with Gasteiger partial charge in [0.15, 0.2) is 0 Å². The summed E-state index contributed by atoms with van der Waals surface area (Å²) in [5.74, 6) is 1.61. The summed E-state index contributed by atoms with van der Waals surface area (Å²) in [6.07, 6.45) is 1.89. The predicted molar refractivity (Wildman–Crippen MR) is 110 cm³/mol. The van der Waals surface area contributed by atoms with E-state index in [2.05, 4.69) is 10.6 Å². The van der Waals surface area contributed by atoms with Crippen LogP contribution in [0.4, 0.5) is 5.69 Å². The van der Waals surface area contributed by atoms with E-state index in [-0.39, 0.29) is 36.8 Å². The topological polar surface area (TPSA) is 83.1 Å². The van der Waals surface area contributed by atoms with Gasteiger partial charge in [-0.2, -0.15) is 0 Å². The Morgan fingerprint density at radius 3 is 2.22 bits per heavy atom. The number of likely N-dealkylation sites (tertiary alicyclic amines) is 1. The molecule has 2 saturated heterocycles. The summed E-state index contributed by atoms with van der Waals surface area (Å²) in [5, 5.41) is 16.2. The van der Waals surface area contributed by atoms with Crippen molar-refractivity contribution in [2.24, 2.45) is 0 Å². The van der Waals surface area contributed by atoms with Gasteiger partial charge in [0.25, 0.3) is 0 Å². The number of methoxy groups -OCH3 is 2. The van der Waals surface area contributed by atoms with E-state index in [0.29, 0.717) is 19.0 Å².